The Morgan fingerprint density at radius 2 is 1.70 bits per heavy atom. The second-order valence-electron chi connectivity index (χ2n) is 4.69. The fourth-order valence-electron chi connectivity index (χ4n) is 2.25. The molecule has 0 spiro atoms. The molecule has 1 saturated heterocycles. The number of hydrogen-bond acceptors (Lipinski definition) is 3. The Hall–Kier alpha value is -1.15. The van der Waals surface area contributed by atoms with Crippen molar-refractivity contribution in [2.45, 2.75) is 6.42 Å². The third-order valence-electron chi connectivity index (χ3n) is 3.38. The lowest BCUT2D eigenvalue weighted by molar-refractivity contribution is -0.132. The van der Waals surface area contributed by atoms with E-state index in [1.165, 1.54) is 0 Å². The van der Waals surface area contributed by atoms with E-state index in [9.17, 15) is 9.59 Å². The summed E-state index contributed by atoms with van der Waals surface area (Å²) in [7, 11) is 0. The smallest absolute Gasteiger partial charge is 0.255 e. The molecule has 6 heteroatoms. The van der Waals surface area contributed by atoms with Crippen LogP contribution in [0.5, 0.6) is 0 Å². The minimum absolute atomic E-state index is 0.0425. The Kier molecular flexibility index (Phi) is 5.36. The van der Waals surface area contributed by atoms with Gasteiger partial charge in [0.25, 0.3) is 5.91 Å². The van der Waals surface area contributed by atoms with Crippen LogP contribution in [0, 0.1) is 3.57 Å². The molecule has 0 unspecified atom stereocenters. The van der Waals surface area contributed by atoms with Gasteiger partial charge in [0.1, 0.15) is 0 Å². The van der Waals surface area contributed by atoms with Gasteiger partial charge in [-0.05, 0) is 34.7 Å². The summed E-state index contributed by atoms with van der Waals surface area (Å²) in [5, 5.41) is 0. The predicted molar refractivity (Wildman–Crippen MR) is 85.3 cm³/mol. The highest BCUT2D eigenvalue weighted by Gasteiger charge is 2.25. The molecule has 0 bridgehead atoms. The summed E-state index contributed by atoms with van der Waals surface area (Å²) in [6.45, 7) is 2.72. The SMILES string of the molecule is NCCC(=O)N1CCN(C(=O)c2ccccc2I)CC1. The van der Waals surface area contributed by atoms with Crippen LogP contribution >= 0.6 is 22.6 Å². The van der Waals surface area contributed by atoms with E-state index < -0.39 is 0 Å². The Morgan fingerprint density at radius 1 is 1.10 bits per heavy atom. The topological polar surface area (TPSA) is 66.6 Å². The van der Waals surface area contributed by atoms with Gasteiger partial charge in [-0.15, -0.1) is 0 Å². The van der Waals surface area contributed by atoms with Gasteiger partial charge < -0.3 is 15.5 Å². The average Bonchev–Trinajstić information content (AvgIpc) is 2.47. The molecule has 2 N–H and O–H groups in total. The maximum Gasteiger partial charge on any atom is 0.255 e. The Bertz CT molecular complexity index is 499. The van der Waals surface area contributed by atoms with Gasteiger partial charge >= 0.3 is 0 Å². The van der Waals surface area contributed by atoms with Crippen molar-refractivity contribution in [3.63, 3.8) is 0 Å². The van der Waals surface area contributed by atoms with Crippen LogP contribution in [0.4, 0.5) is 0 Å². The van der Waals surface area contributed by atoms with Crippen LogP contribution < -0.4 is 5.73 Å². The monoisotopic (exact) mass is 387 g/mol. The number of carbonyl (C=O) groups is 2. The number of nitrogens with zero attached hydrogens (tertiary/aromatic N) is 2. The standard InChI is InChI=1S/C14H18IN3O2/c15-12-4-2-1-3-11(12)14(20)18-9-7-17(8-10-18)13(19)5-6-16/h1-4H,5-10,16H2. The highest BCUT2D eigenvalue weighted by molar-refractivity contribution is 14.1. The number of piperazine rings is 1. The molecule has 0 aromatic heterocycles. The van der Waals surface area contributed by atoms with Gasteiger partial charge in [-0.1, -0.05) is 12.1 Å². The molecule has 5 nitrogen and oxygen atoms in total. The molecule has 20 heavy (non-hydrogen) atoms. The normalized spacial score (nSPS) is 15.3. The molecule has 1 aliphatic heterocycles. The first-order valence-electron chi connectivity index (χ1n) is 6.65. The Balaban J connectivity index is 1.96. The molecule has 1 aromatic carbocycles. The first-order valence-corrected chi connectivity index (χ1v) is 7.73. The lowest BCUT2D eigenvalue weighted by atomic mass is 10.2. The van der Waals surface area contributed by atoms with Crippen molar-refractivity contribution < 1.29 is 9.59 Å². The van der Waals surface area contributed by atoms with E-state index in [4.69, 9.17) is 5.73 Å². The quantitative estimate of drug-likeness (QED) is 0.785. The summed E-state index contributed by atoms with van der Waals surface area (Å²) >= 11 is 2.17. The second kappa shape index (κ2) is 7.03. The number of carbonyl (C=O) groups excluding carboxylic acids is 2. The van der Waals surface area contributed by atoms with Crippen LogP contribution in [0.15, 0.2) is 24.3 Å². The van der Waals surface area contributed by atoms with E-state index in [2.05, 4.69) is 22.6 Å². The first-order chi connectivity index (χ1) is 9.63. The van der Waals surface area contributed by atoms with Crippen LogP contribution in [-0.2, 0) is 4.79 Å². The van der Waals surface area contributed by atoms with Crippen molar-refractivity contribution in [1.29, 1.82) is 0 Å². The molecule has 108 valence electrons. The number of hydrogen-bond donors (Lipinski definition) is 1. The fraction of sp³-hybridized carbons (Fsp3) is 0.429. The van der Waals surface area contributed by atoms with Gasteiger partial charge in [0, 0.05) is 42.7 Å². The van der Waals surface area contributed by atoms with Crippen molar-refractivity contribution in [3.05, 3.63) is 33.4 Å². The molecule has 1 aliphatic rings. The molecule has 2 rings (SSSR count). The van der Waals surface area contributed by atoms with Gasteiger partial charge in [-0.2, -0.15) is 0 Å². The summed E-state index contributed by atoms with van der Waals surface area (Å²) in [5.41, 5.74) is 6.12. The molecule has 0 atom stereocenters. The maximum absolute atomic E-state index is 12.4. The molecule has 1 aromatic rings. The molecule has 0 aliphatic carbocycles. The second-order valence-corrected chi connectivity index (χ2v) is 5.85. The number of nitrogens with two attached hydrogens (primary N) is 1. The highest BCUT2D eigenvalue weighted by Crippen LogP contribution is 2.15. The van der Waals surface area contributed by atoms with E-state index in [0.717, 1.165) is 9.13 Å². The van der Waals surface area contributed by atoms with E-state index >= 15 is 0 Å². The van der Waals surface area contributed by atoms with Gasteiger partial charge in [0.2, 0.25) is 5.91 Å². The van der Waals surface area contributed by atoms with E-state index in [-0.39, 0.29) is 11.8 Å². The Morgan fingerprint density at radius 3 is 2.30 bits per heavy atom. The molecular formula is C14H18IN3O2. The number of halogens is 1. The summed E-state index contributed by atoms with van der Waals surface area (Å²) in [6, 6.07) is 7.56. The van der Waals surface area contributed by atoms with Crippen molar-refractivity contribution in [2.75, 3.05) is 32.7 Å². The zero-order chi connectivity index (χ0) is 14.5. The number of amides is 2. The first kappa shape index (κ1) is 15.2. The number of rotatable bonds is 3. The molecule has 0 radical (unpaired) electrons. The molecule has 1 fully saturated rings. The van der Waals surface area contributed by atoms with Crippen LogP contribution in [0.25, 0.3) is 0 Å². The molecular weight excluding hydrogens is 369 g/mol. The van der Waals surface area contributed by atoms with E-state index in [1.54, 1.807) is 4.90 Å². The zero-order valence-corrected chi connectivity index (χ0v) is 13.4. The maximum atomic E-state index is 12.4. The molecule has 2 amide bonds. The largest absolute Gasteiger partial charge is 0.339 e. The van der Waals surface area contributed by atoms with Crippen molar-refractivity contribution >= 4 is 34.4 Å². The van der Waals surface area contributed by atoms with E-state index in [0.29, 0.717) is 39.1 Å². The third-order valence-corrected chi connectivity index (χ3v) is 4.32. The zero-order valence-electron chi connectivity index (χ0n) is 11.2. The van der Waals surface area contributed by atoms with E-state index in [1.807, 2.05) is 29.2 Å². The van der Waals surface area contributed by atoms with Crippen LogP contribution in [0.2, 0.25) is 0 Å². The van der Waals surface area contributed by atoms with Gasteiger partial charge in [-0.3, -0.25) is 9.59 Å². The van der Waals surface area contributed by atoms with Gasteiger partial charge in [-0.25, -0.2) is 0 Å². The summed E-state index contributed by atoms with van der Waals surface area (Å²) in [6.07, 6.45) is 0.379. The van der Waals surface area contributed by atoms with Gasteiger partial charge in [0.05, 0.1) is 5.56 Å². The summed E-state index contributed by atoms with van der Waals surface area (Å²) in [5.74, 6) is 0.120. The molecule has 1 heterocycles. The summed E-state index contributed by atoms with van der Waals surface area (Å²) < 4.78 is 0.955. The van der Waals surface area contributed by atoms with Crippen molar-refractivity contribution in [1.82, 2.24) is 9.80 Å². The van der Waals surface area contributed by atoms with Crippen LogP contribution in [0.1, 0.15) is 16.8 Å². The fourth-order valence-corrected chi connectivity index (χ4v) is 2.86. The lowest BCUT2D eigenvalue weighted by Gasteiger charge is -2.35. The highest BCUT2D eigenvalue weighted by atomic mass is 127. The lowest BCUT2D eigenvalue weighted by Crippen LogP contribution is -2.51. The summed E-state index contributed by atoms with van der Waals surface area (Å²) in [4.78, 5) is 27.8. The van der Waals surface area contributed by atoms with Crippen LogP contribution in [0.3, 0.4) is 0 Å². The number of benzene rings is 1. The predicted octanol–water partition coefficient (Wildman–Crippen LogP) is 0.924. The van der Waals surface area contributed by atoms with Gasteiger partial charge in [0.15, 0.2) is 0 Å². The minimum atomic E-state index is 0.0425. The average molecular weight is 387 g/mol. The minimum Gasteiger partial charge on any atom is -0.339 e. The Labute approximate surface area is 132 Å². The molecule has 0 saturated carbocycles. The van der Waals surface area contributed by atoms with Crippen LogP contribution in [-0.4, -0.2) is 54.3 Å². The van der Waals surface area contributed by atoms with Crippen molar-refractivity contribution in [3.8, 4) is 0 Å². The third kappa shape index (κ3) is 3.49. The van der Waals surface area contributed by atoms with Crippen molar-refractivity contribution in [2.24, 2.45) is 5.73 Å².